The maximum absolute atomic E-state index is 2.51. The predicted octanol–water partition coefficient (Wildman–Crippen LogP) is 5.52. The lowest BCUT2D eigenvalue weighted by Gasteiger charge is -2.45. The summed E-state index contributed by atoms with van der Waals surface area (Å²) in [5.74, 6) is 0. The van der Waals surface area contributed by atoms with Crippen molar-refractivity contribution in [3.05, 3.63) is 71.8 Å². The van der Waals surface area contributed by atoms with Gasteiger partial charge in [-0.05, 0) is 30.0 Å². The molecule has 1 heterocycles. The molecule has 0 saturated heterocycles. The minimum Gasteiger partial charge on any atom is -0.365 e. The highest BCUT2D eigenvalue weighted by molar-refractivity contribution is 5.90. The van der Waals surface area contributed by atoms with Crippen molar-refractivity contribution in [2.24, 2.45) is 0 Å². The Bertz CT molecular complexity index is 671. The second-order valence-corrected chi connectivity index (χ2v) is 6.21. The lowest BCUT2D eigenvalue weighted by Crippen LogP contribution is -2.47. The molecule has 22 heavy (non-hydrogen) atoms. The zero-order valence-electron chi connectivity index (χ0n) is 13.8. The maximum Gasteiger partial charge on any atom is 0.0588 e. The number of hydrogen-bond donors (Lipinski definition) is 0. The number of para-hydroxylation sites is 1. The summed E-state index contributed by atoms with van der Waals surface area (Å²) in [6, 6.07) is 19.6. The molecular formula is C21H25N. The SMILES string of the molecule is CCC[C@]1(CC)C=C(c2ccccc2)c2ccccc2N1C. The van der Waals surface area contributed by atoms with Gasteiger partial charge in [0.1, 0.15) is 0 Å². The zero-order valence-corrected chi connectivity index (χ0v) is 13.8. The maximum atomic E-state index is 2.51. The second-order valence-electron chi connectivity index (χ2n) is 6.21. The molecule has 0 fully saturated rings. The van der Waals surface area contributed by atoms with Gasteiger partial charge in [-0.2, -0.15) is 0 Å². The molecular weight excluding hydrogens is 266 g/mol. The van der Waals surface area contributed by atoms with Gasteiger partial charge in [-0.1, -0.05) is 74.9 Å². The Kier molecular flexibility index (Phi) is 4.06. The third kappa shape index (κ3) is 2.35. The largest absolute Gasteiger partial charge is 0.365 e. The molecule has 1 nitrogen and oxygen atoms in total. The van der Waals surface area contributed by atoms with Crippen molar-refractivity contribution in [3.63, 3.8) is 0 Å². The summed E-state index contributed by atoms with van der Waals surface area (Å²) in [5, 5.41) is 0. The van der Waals surface area contributed by atoms with Gasteiger partial charge in [-0.3, -0.25) is 0 Å². The monoisotopic (exact) mass is 291 g/mol. The van der Waals surface area contributed by atoms with E-state index >= 15 is 0 Å². The van der Waals surface area contributed by atoms with Gasteiger partial charge >= 0.3 is 0 Å². The normalized spacial score (nSPS) is 20.5. The van der Waals surface area contributed by atoms with Crippen LogP contribution in [0.15, 0.2) is 60.7 Å². The Morgan fingerprint density at radius 1 is 0.909 bits per heavy atom. The summed E-state index contributed by atoms with van der Waals surface area (Å²) in [6.45, 7) is 4.58. The Morgan fingerprint density at radius 2 is 1.59 bits per heavy atom. The highest BCUT2D eigenvalue weighted by Crippen LogP contribution is 2.43. The summed E-state index contributed by atoms with van der Waals surface area (Å²) >= 11 is 0. The van der Waals surface area contributed by atoms with Gasteiger partial charge in [-0.25, -0.2) is 0 Å². The number of benzene rings is 2. The molecule has 0 N–H and O–H groups in total. The standard InChI is InChI=1S/C21H25N/c1-4-15-21(5-2)16-19(17-11-7-6-8-12-17)18-13-9-10-14-20(18)22(21)3/h6-14,16H,4-5,15H2,1-3H3/t21-/m1/s1. The molecule has 2 aromatic rings. The van der Waals surface area contributed by atoms with Gasteiger partial charge in [0.05, 0.1) is 5.54 Å². The summed E-state index contributed by atoms with van der Waals surface area (Å²) in [7, 11) is 2.25. The molecule has 3 rings (SSSR count). The zero-order chi connectivity index (χ0) is 15.6. The Labute approximate surface area is 134 Å². The average Bonchev–Trinajstić information content (AvgIpc) is 2.58. The third-order valence-corrected chi connectivity index (χ3v) is 5.02. The van der Waals surface area contributed by atoms with Crippen molar-refractivity contribution < 1.29 is 0 Å². The topological polar surface area (TPSA) is 3.24 Å². The Hall–Kier alpha value is -2.02. The van der Waals surface area contributed by atoms with Crippen LogP contribution in [0.5, 0.6) is 0 Å². The van der Waals surface area contributed by atoms with Crippen molar-refractivity contribution in [2.75, 3.05) is 11.9 Å². The molecule has 2 aromatic carbocycles. The summed E-state index contributed by atoms with van der Waals surface area (Å²) in [6.07, 6.45) is 6.01. The molecule has 0 aromatic heterocycles. The van der Waals surface area contributed by atoms with E-state index in [-0.39, 0.29) is 5.54 Å². The molecule has 0 aliphatic carbocycles. The van der Waals surface area contributed by atoms with E-state index in [1.807, 2.05) is 0 Å². The smallest absolute Gasteiger partial charge is 0.0588 e. The lowest BCUT2D eigenvalue weighted by molar-refractivity contribution is 0.438. The first-order chi connectivity index (χ1) is 10.7. The molecule has 1 aliphatic heterocycles. The number of nitrogens with zero attached hydrogens (tertiary/aromatic N) is 1. The Morgan fingerprint density at radius 3 is 2.27 bits per heavy atom. The molecule has 1 aliphatic rings. The van der Waals surface area contributed by atoms with E-state index in [0.29, 0.717) is 0 Å². The first-order valence-electron chi connectivity index (χ1n) is 8.33. The number of likely N-dealkylation sites (N-methyl/N-ethyl adjacent to an activating group) is 1. The van der Waals surface area contributed by atoms with Gasteiger partial charge in [0, 0.05) is 18.3 Å². The third-order valence-electron chi connectivity index (χ3n) is 5.02. The van der Waals surface area contributed by atoms with Crippen LogP contribution in [0, 0.1) is 0 Å². The van der Waals surface area contributed by atoms with E-state index in [1.54, 1.807) is 0 Å². The Balaban J connectivity index is 2.22. The van der Waals surface area contributed by atoms with E-state index in [9.17, 15) is 0 Å². The van der Waals surface area contributed by atoms with Crippen LogP contribution in [0.1, 0.15) is 44.2 Å². The number of hydrogen-bond acceptors (Lipinski definition) is 1. The first-order valence-corrected chi connectivity index (χ1v) is 8.33. The van der Waals surface area contributed by atoms with Crippen LogP contribution < -0.4 is 4.90 Å². The highest BCUT2D eigenvalue weighted by atomic mass is 15.2. The van der Waals surface area contributed by atoms with Crippen LogP contribution in [0.4, 0.5) is 5.69 Å². The summed E-state index contributed by atoms with van der Waals surface area (Å²) in [5.41, 5.74) is 5.51. The van der Waals surface area contributed by atoms with Crippen molar-refractivity contribution in [2.45, 2.75) is 38.6 Å². The van der Waals surface area contributed by atoms with E-state index in [1.165, 1.54) is 35.2 Å². The number of rotatable bonds is 4. The molecule has 1 atom stereocenters. The molecule has 0 unspecified atom stereocenters. The van der Waals surface area contributed by atoms with Gasteiger partial charge in [0.25, 0.3) is 0 Å². The van der Waals surface area contributed by atoms with Crippen LogP contribution in [0.25, 0.3) is 5.57 Å². The van der Waals surface area contributed by atoms with E-state index in [0.717, 1.165) is 6.42 Å². The fourth-order valence-corrected chi connectivity index (χ4v) is 3.72. The van der Waals surface area contributed by atoms with E-state index in [2.05, 4.69) is 86.5 Å². The molecule has 0 bridgehead atoms. The molecule has 1 heteroatoms. The summed E-state index contributed by atoms with van der Waals surface area (Å²) in [4.78, 5) is 2.48. The number of anilines is 1. The minimum atomic E-state index is 0.119. The quantitative estimate of drug-likeness (QED) is 0.717. The van der Waals surface area contributed by atoms with Gasteiger partial charge in [-0.15, -0.1) is 0 Å². The predicted molar refractivity (Wildman–Crippen MR) is 96.3 cm³/mol. The number of fused-ring (bicyclic) bond motifs is 1. The van der Waals surface area contributed by atoms with Crippen molar-refractivity contribution in [1.29, 1.82) is 0 Å². The van der Waals surface area contributed by atoms with Crippen LogP contribution in [0.2, 0.25) is 0 Å². The van der Waals surface area contributed by atoms with Crippen molar-refractivity contribution in [3.8, 4) is 0 Å². The fraction of sp³-hybridized carbons (Fsp3) is 0.333. The van der Waals surface area contributed by atoms with Crippen LogP contribution >= 0.6 is 0 Å². The van der Waals surface area contributed by atoms with Crippen LogP contribution in [-0.4, -0.2) is 12.6 Å². The molecule has 0 saturated carbocycles. The first kappa shape index (κ1) is 14.9. The van der Waals surface area contributed by atoms with Gasteiger partial charge in [0.2, 0.25) is 0 Å². The van der Waals surface area contributed by atoms with E-state index < -0.39 is 0 Å². The van der Waals surface area contributed by atoms with Crippen LogP contribution in [-0.2, 0) is 0 Å². The van der Waals surface area contributed by atoms with E-state index in [4.69, 9.17) is 0 Å². The van der Waals surface area contributed by atoms with Crippen LogP contribution in [0.3, 0.4) is 0 Å². The molecule has 0 amide bonds. The highest BCUT2D eigenvalue weighted by Gasteiger charge is 2.35. The summed E-state index contributed by atoms with van der Waals surface area (Å²) < 4.78 is 0. The molecule has 0 spiro atoms. The lowest BCUT2D eigenvalue weighted by atomic mass is 9.79. The van der Waals surface area contributed by atoms with Gasteiger partial charge in [0.15, 0.2) is 0 Å². The van der Waals surface area contributed by atoms with Crippen molar-refractivity contribution >= 4 is 11.3 Å². The van der Waals surface area contributed by atoms with Gasteiger partial charge < -0.3 is 4.90 Å². The fourth-order valence-electron chi connectivity index (χ4n) is 3.72. The van der Waals surface area contributed by atoms with Crippen molar-refractivity contribution in [1.82, 2.24) is 0 Å². The average molecular weight is 291 g/mol. The minimum absolute atomic E-state index is 0.119. The molecule has 0 radical (unpaired) electrons. The molecule has 114 valence electrons. The second kappa shape index (κ2) is 6.00.